The highest BCUT2D eigenvalue weighted by molar-refractivity contribution is 6.33. The molecule has 1 aromatic carbocycles. The molecule has 6 nitrogen and oxygen atoms in total. The van der Waals surface area contributed by atoms with Crippen LogP contribution in [0.3, 0.4) is 0 Å². The van der Waals surface area contributed by atoms with Crippen LogP contribution < -0.4 is 10.6 Å². The summed E-state index contributed by atoms with van der Waals surface area (Å²) in [5.74, 6) is 0.867. The summed E-state index contributed by atoms with van der Waals surface area (Å²) in [6.45, 7) is 2.82. The summed E-state index contributed by atoms with van der Waals surface area (Å²) < 4.78 is 0. The van der Waals surface area contributed by atoms with Gasteiger partial charge in [-0.25, -0.2) is 4.98 Å². The van der Waals surface area contributed by atoms with Crippen LogP contribution in [0, 0.1) is 18.3 Å². The molecule has 2 fully saturated rings. The monoisotopic (exact) mass is 360 g/mol. The van der Waals surface area contributed by atoms with Crippen LogP contribution in [0.1, 0.15) is 17.2 Å². The van der Waals surface area contributed by atoms with E-state index in [0.717, 1.165) is 5.56 Å². The molecule has 0 radical (unpaired) electrons. The average molecular weight is 361 g/mol. The van der Waals surface area contributed by atoms with Crippen LogP contribution in [-0.2, 0) is 0 Å². The van der Waals surface area contributed by atoms with Crippen LogP contribution >= 0.6 is 11.6 Å². The molecule has 4 atom stereocenters. The van der Waals surface area contributed by atoms with Gasteiger partial charge in [0, 0.05) is 25.1 Å². The number of nitrogen functional groups attached to an aromatic ring is 1. The van der Waals surface area contributed by atoms with Gasteiger partial charge in [0.2, 0.25) is 5.95 Å². The molecule has 25 heavy (non-hydrogen) atoms. The van der Waals surface area contributed by atoms with Crippen LogP contribution in [0.15, 0.2) is 30.3 Å². The van der Waals surface area contributed by atoms with Crippen molar-refractivity contribution < 1.29 is 10.2 Å². The summed E-state index contributed by atoms with van der Waals surface area (Å²) in [6.07, 6.45) is -0.567. The maximum absolute atomic E-state index is 10.8. The second-order valence-electron chi connectivity index (χ2n) is 6.99. The van der Waals surface area contributed by atoms with Crippen molar-refractivity contribution >= 4 is 23.4 Å². The first-order valence-electron chi connectivity index (χ1n) is 8.37. The third-order valence-corrected chi connectivity index (χ3v) is 6.16. The van der Waals surface area contributed by atoms with Crippen molar-refractivity contribution in [1.29, 1.82) is 0 Å². The molecule has 0 unspecified atom stereocenters. The van der Waals surface area contributed by atoms with Crippen molar-refractivity contribution in [3.63, 3.8) is 0 Å². The molecule has 2 aliphatic rings. The Bertz CT molecular complexity index is 803. The number of aliphatic hydroxyl groups is 2. The molecule has 1 saturated heterocycles. The van der Waals surface area contributed by atoms with Gasteiger partial charge in [0.05, 0.1) is 11.8 Å². The minimum atomic E-state index is -0.567. The molecule has 4 rings (SSSR count). The maximum atomic E-state index is 10.8. The van der Waals surface area contributed by atoms with Gasteiger partial charge in [-0.2, -0.15) is 4.98 Å². The Balaban J connectivity index is 1.68. The van der Waals surface area contributed by atoms with Gasteiger partial charge in [-0.3, -0.25) is 0 Å². The number of aryl methyl sites for hydroxylation is 1. The molecule has 1 aromatic heterocycles. The number of rotatable bonds is 3. The van der Waals surface area contributed by atoms with E-state index in [4.69, 9.17) is 17.3 Å². The van der Waals surface area contributed by atoms with Crippen molar-refractivity contribution in [3.05, 3.63) is 46.6 Å². The second kappa shape index (κ2) is 5.83. The van der Waals surface area contributed by atoms with E-state index in [9.17, 15) is 10.2 Å². The number of halogens is 1. The molecule has 4 N–H and O–H groups in total. The van der Waals surface area contributed by atoms with E-state index >= 15 is 0 Å². The number of aromatic nitrogens is 2. The Labute approximate surface area is 151 Å². The Morgan fingerprint density at radius 3 is 2.72 bits per heavy atom. The number of nitrogens with zero attached hydrogens (tertiary/aromatic N) is 3. The summed E-state index contributed by atoms with van der Waals surface area (Å²) >= 11 is 6.38. The Hall–Kier alpha value is -1.89. The van der Waals surface area contributed by atoms with Crippen LogP contribution in [0.5, 0.6) is 0 Å². The molecule has 7 heteroatoms. The number of hydrogen-bond acceptors (Lipinski definition) is 6. The quantitative estimate of drug-likeness (QED) is 0.769. The lowest BCUT2D eigenvalue weighted by Gasteiger charge is -2.19. The van der Waals surface area contributed by atoms with Gasteiger partial charge >= 0.3 is 0 Å². The van der Waals surface area contributed by atoms with E-state index in [0.29, 0.717) is 29.6 Å². The van der Waals surface area contributed by atoms with Crippen LogP contribution in [0.2, 0.25) is 5.02 Å². The smallest absolute Gasteiger partial charge is 0.222 e. The fourth-order valence-electron chi connectivity index (χ4n) is 4.50. The first kappa shape index (κ1) is 16.6. The summed E-state index contributed by atoms with van der Waals surface area (Å²) in [5, 5.41) is 21.2. The maximum Gasteiger partial charge on any atom is 0.222 e. The van der Waals surface area contributed by atoms with E-state index in [-0.39, 0.29) is 29.8 Å². The van der Waals surface area contributed by atoms with Crippen molar-refractivity contribution in [3.8, 4) is 0 Å². The van der Waals surface area contributed by atoms with Gasteiger partial charge in [-0.1, -0.05) is 41.9 Å². The molecule has 1 aliphatic carbocycles. The second-order valence-corrected chi connectivity index (χ2v) is 7.37. The highest BCUT2D eigenvalue weighted by Crippen LogP contribution is 2.69. The summed E-state index contributed by atoms with van der Waals surface area (Å²) in [5.41, 5.74) is 7.16. The third kappa shape index (κ3) is 2.39. The number of anilines is 2. The van der Waals surface area contributed by atoms with Gasteiger partial charge in [0.15, 0.2) is 5.82 Å². The highest BCUT2D eigenvalue weighted by Gasteiger charge is 2.71. The average Bonchev–Trinajstić information content (AvgIpc) is 3.14. The third-order valence-electron chi connectivity index (χ3n) is 5.71. The lowest BCUT2D eigenvalue weighted by molar-refractivity contribution is 0.113. The topological polar surface area (TPSA) is 95.5 Å². The van der Waals surface area contributed by atoms with E-state index in [1.807, 2.05) is 23.1 Å². The zero-order chi connectivity index (χ0) is 17.8. The van der Waals surface area contributed by atoms with E-state index < -0.39 is 6.10 Å². The van der Waals surface area contributed by atoms with E-state index in [1.165, 1.54) is 0 Å². The molecule has 2 heterocycles. The number of aliphatic hydroxyl groups excluding tert-OH is 2. The predicted molar refractivity (Wildman–Crippen MR) is 96.6 cm³/mol. The molecule has 0 bridgehead atoms. The van der Waals surface area contributed by atoms with Crippen molar-refractivity contribution in [1.82, 2.24) is 9.97 Å². The van der Waals surface area contributed by atoms with Gasteiger partial charge in [-0.05, 0) is 24.3 Å². The molecule has 0 amide bonds. The van der Waals surface area contributed by atoms with E-state index in [1.54, 1.807) is 6.92 Å². The van der Waals surface area contributed by atoms with Crippen molar-refractivity contribution in [2.24, 2.45) is 11.3 Å². The molecule has 1 spiro atoms. The highest BCUT2D eigenvalue weighted by atomic mass is 35.5. The molecule has 132 valence electrons. The summed E-state index contributed by atoms with van der Waals surface area (Å²) in [7, 11) is 0. The molecule has 1 saturated carbocycles. The number of hydrogen-bond donors (Lipinski definition) is 3. The fraction of sp³-hybridized carbons (Fsp3) is 0.444. The lowest BCUT2D eigenvalue weighted by Crippen LogP contribution is -2.23. The number of benzene rings is 1. The largest absolute Gasteiger partial charge is 0.396 e. The predicted octanol–water partition coefficient (Wildman–Crippen LogP) is 1.59. The zero-order valence-electron chi connectivity index (χ0n) is 13.9. The van der Waals surface area contributed by atoms with Gasteiger partial charge in [0.1, 0.15) is 5.02 Å². The van der Waals surface area contributed by atoms with Gasteiger partial charge < -0.3 is 20.8 Å². The van der Waals surface area contributed by atoms with Gasteiger partial charge in [-0.15, -0.1) is 0 Å². The van der Waals surface area contributed by atoms with Crippen molar-refractivity contribution in [2.45, 2.75) is 18.9 Å². The van der Waals surface area contributed by atoms with Crippen LogP contribution in [0.25, 0.3) is 0 Å². The summed E-state index contributed by atoms with van der Waals surface area (Å²) in [6, 6.07) is 10.0. The molecule has 1 aliphatic heterocycles. The van der Waals surface area contributed by atoms with E-state index in [2.05, 4.69) is 22.1 Å². The molecule has 2 aromatic rings. The molecular weight excluding hydrogens is 340 g/mol. The Kier molecular flexibility index (Phi) is 3.86. The standard InChI is InChI=1S/C18H21ClN4O2/c1-10-15(19)16(22-17(20)21-10)23-7-13(25)18(9-23)12(8-24)14(18)11-5-3-2-4-6-11/h2-6,12-14,24-25H,7-9H2,1H3,(H2,20,21,22)/t12-,13+,14-,18-/m1/s1. The van der Waals surface area contributed by atoms with Gasteiger partial charge in [0.25, 0.3) is 0 Å². The minimum absolute atomic E-state index is 0.0222. The SMILES string of the molecule is Cc1nc(N)nc(N2C[C@H](O)[C@@]3(C2)[C@H](CO)[C@H]3c2ccccc2)c1Cl. The first-order chi connectivity index (χ1) is 12.0. The number of β-amino-alcohol motifs (C(OH)–C–C–N with tert-alkyl or cyclic N) is 1. The number of nitrogens with two attached hydrogens (primary N) is 1. The zero-order valence-corrected chi connectivity index (χ0v) is 14.7. The fourth-order valence-corrected chi connectivity index (χ4v) is 4.71. The van der Waals surface area contributed by atoms with Crippen LogP contribution in [-0.4, -0.2) is 46.0 Å². The van der Waals surface area contributed by atoms with Crippen molar-refractivity contribution in [2.75, 3.05) is 30.3 Å². The Morgan fingerprint density at radius 2 is 2.04 bits per heavy atom. The lowest BCUT2D eigenvalue weighted by atomic mass is 9.95. The minimum Gasteiger partial charge on any atom is -0.396 e. The first-order valence-corrected chi connectivity index (χ1v) is 8.75. The molecular formula is C18H21ClN4O2. The summed E-state index contributed by atoms with van der Waals surface area (Å²) in [4.78, 5) is 10.3. The normalized spacial score (nSPS) is 30.9. The van der Waals surface area contributed by atoms with Crippen LogP contribution in [0.4, 0.5) is 11.8 Å². The Morgan fingerprint density at radius 1 is 1.32 bits per heavy atom.